The first-order chi connectivity index (χ1) is 18.9. The molecule has 3 rings (SSSR count). The summed E-state index contributed by atoms with van der Waals surface area (Å²) in [6, 6.07) is 0. The lowest BCUT2D eigenvalue weighted by Gasteiger charge is -2.34. The molecule has 1 saturated carbocycles. The molecule has 3 aliphatic rings. The summed E-state index contributed by atoms with van der Waals surface area (Å²) in [5.74, 6) is -0.477. The molecule has 224 valence electrons. The minimum atomic E-state index is -0.909. The Morgan fingerprint density at radius 3 is 2.44 bits per heavy atom. The first kappa shape index (κ1) is 32.2. The highest BCUT2D eigenvalue weighted by molar-refractivity contribution is 5.81. The summed E-state index contributed by atoms with van der Waals surface area (Å²) in [5, 5.41) is 0. The van der Waals surface area contributed by atoms with Gasteiger partial charge in [0, 0.05) is 31.6 Å². The molecule has 2 heterocycles. The number of halogens is 1. The van der Waals surface area contributed by atoms with Crippen LogP contribution < -0.4 is 0 Å². The Balaban J connectivity index is 1.69. The van der Waals surface area contributed by atoms with E-state index in [0.717, 1.165) is 96.5 Å². The molecule has 39 heavy (non-hydrogen) atoms. The van der Waals surface area contributed by atoms with Crippen LogP contribution in [-0.2, 0) is 28.5 Å². The van der Waals surface area contributed by atoms with Crippen LogP contribution in [0.25, 0.3) is 0 Å². The summed E-state index contributed by atoms with van der Waals surface area (Å²) < 4.78 is 45.0. The Kier molecular flexibility index (Phi) is 14.5. The molecule has 2 aliphatic heterocycles. The van der Waals surface area contributed by atoms with E-state index in [1.54, 1.807) is 0 Å². The zero-order valence-corrected chi connectivity index (χ0v) is 24.6. The van der Waals surface area contributed by atoms with Crippen LogP contribution in [0.5, 0.6) is 0 Å². The van der Waals surface area contributed by atoms with Gasteiger partial charge in [0.15, 0.2) is 12.6 Å². The maximum absolute atomic E-state index is 15.5. The number of ether oxygens (including phenoxy) is 5. The Labute approximate surface area is 236 Å². The average Bonchev–Trinajstić information content (AvgIpc) is 3.23. The zero-order chi connectivity index (χ0) is 27.9. The topological polar surface area (TPSA) is 63.2 Å². The Hall–Kier alpha value is -1.28. The van der Waals surface area contributed by atoms with Gasteiger partial charge in [0.2, 0.25) is 0 Å². The van der Waals surface area contributed by atoms with E-state index in [4.69, 9.17) is 18.9 Å². The number of carbonyl (C=O) groups excluding carboxylic acids is 1. The van der Waals surface area contributed by atoms with Gasteiger partial charge in [0.05, 0.1) is 18.8 Å². The van der Waals surface area contributed by atoms with Gasteiger partial charge in [-0.2, -0.15) is 0 Å². The van der Waals surface area contributed by atoms with Crippen molar-refractivity contribution in [3.05, 3.63) is 24.3 Å². The van der Waals surface area contributed by atoms with Crippen molar-refractivity contribution in [2.45, 2.75) is 141 Å². The normalized spacial score (nSPS) is 31.6. The van der Waals surface area contributed by atoms with Crippen molar-refractivity contribution >= 4 is 5.97 Å². The van der Waals surface area contributed by atoms with Crippen LogP contribution in [0.15, 0.2) is 24.3 Å². The quantitative estimate of drug-likeness (QED) is 0.0850. The second-order valence-corrected chi connectivity index (χ2v) is 11.7. The molecule has 6 nitrogen and oxygen atoms in total. The maximum atomic E-state index is 15.5. The summed E-state index contributed by atoms with van der Waals surface area (Å²) in [4.78, 5) is 11.3. The predicted octanol–water partition coefficient (Wildman–Crippen LogP) is 7.60. The molecule has 0 aromatic rings. The van der Waals surface area contributed by atoms with Crippen molar-refractivity contribution < 1.29 is 32.9 Å². The fourth-order valence-electron chi connectivity index (χ4n) is 6.09. The molecule has 1 aliphatic carbocycles. The van der Waals surface area contributed by atoms with Crippen LogP contribution >= 0.6 is 0 Å². The number of hydrogen-bond donors (Lipinski definition) is 0. The van der Waals surface area contributed by atoms with E-state index in [9.17, 15) is 4.79 Å². The van der Waals surface area contributed by atoms with Crippen LogP contribution in [-0.4, -0.2) is 56.7 Å². The molecule has 7 heteroatoms. The van der Waals surface area contributed by atoms with Gasteiger partial charge < -0.3 is 23.7 Å². The van der Waals surface area contributed by atoms with E-state index in [1.807, 2.05) is 6.08 Å². The number of rotatable bonds is 16. The second-order valence-electron chi connectivity index (χ2n) is 11.7. The monoisotopic (exact) mass is 552 g/mol. The second kappa shape index (κ2) is 17.5. The zero-order valence-electron chi connectivity index (χ0n) is 24.6. The molecule has 0 radical (unpaired) electrons. The highest BCUT2D eigenvalue weighted by Gasteiger charge is 2.44. The number of hydrogen-bond acceptors (Lipinski definition) is 6. The number of allylic oxidation sites excluding steroid dienone is 1. The van der Waals surface area contributed by atoms with E-state index in [0.29, 0.717) is 13.0 Å². The molecule has 0 amide bonds. The molecule has 0 N–H and O–H groups in total. The molecular weight excluding hydrogens is 499 g/mol. The smallest absolute Gasteiger partial charge is 0.330 e. The van der Waals surface area contributed by atoms with Crippen LogP contribution in [0, 0.1) is 11.8 Å². The van der Waals surface area contributed by atoms with Gasteiger partial charge in [0.25, 0.3) is 0 Å². The molecular formula is C32H53FO6. The Morgan fingerprint density at radius 1 is 1.03 bits per heavy atom. The van der Waals surface area contributed by atoms with Crippen molar-refractivity contribution in [3.8, 4) is 0 Å². The summed E-state index contributed by atoms with van der Waals surface area (Å²) in [5.41, 5.74) is -0.458. The molecule has 0 aromatic heterocycles. The molecule has 3 unspecified atom stereocenters. The summed E-state index contributed by atoms with van der Waals surface area (Å²) in [6.45, 7) is 5.83. The van der Waals surface area contributed by atoms with E-state index in [2.05, 4.69) is 30.7 Å². The number of methoxy groups -OCH3 is 1. The minimum absolute atomic E-state index is 0.0301. The number of esters is 1. The number of carbonyl (C=O) groups is 1. The summed E-state index contributed by atoms with van der Waals surface area (Å²) >= 11 is 0. The summed E-state index contributed by atoms with van der Waals surface area (Å²) in [7, 11) is 1.38. The van der Waals surface area contributed by atoms with Crippen molar-refractivity contribution in [3.63, 3.8) is 0 Å². The standard InChI is InChI=1S/C32H53FO6/c1-4-5-12-20-32(2,39-31-18-11-14-23-37-31)21-19-26-25(15-8-6-7-9-16-29(34)35-3)27(33)24-28(26)38-30-17-10-13-22-36-30/h9,16,19,21,25-28,30-31H,4-8,10-15,17-18,20,22-24H2,1-3H3/b16-9+,21-19+/t25-,26-,27-,28-,30?,31?,32?/m1/s1. The van der Waals surface area contributed by atoms with Gasteiger partial charge >= 0.3 is 5.97 Å². The molecule has 2 saturated heterocycles. The molecule has 7 atom stereocenters. The van der Waals surface area contributed by atoms with Crippen molar-refractivity contribution in [1.29, 1.82) is 0 Å². The van der Waals surface area contributed by atoms with E-state index < -0.39 is 11.8 Å². The van der Waals surface area contributed by atoms with Gasteiger partial charge in [-0.3, -0.25) is 0 Å². The third kappa shape index (κ3) is 11.3. The highest BCUT2D eigenvalue weighted by atomic mass is 19.1. The Bertz CT molecular complexity index is 745. The highest BCUT2D eigenvalue weighted by Crippen LogP contribution is 2.42. The first-order valence-corrected chi connectivity index (χ1v) is 15.6. The largest absolute Gasteiger partial charge is 0.466 e. The van der Waals surface area contributed by atoms with Crippen molar-refractivity contribution in [1.82, 2.24) is 0 Å². The minimum Gasteiger partial charge on any atom is -0.466 e. The van der Waals surface area contributed by atoms with E-state index in [1.165, 1.54) is 13.2 Å². The van der Waals surface area contributed by atoms with E-state index >= 15 is 4.39 Å². The van der Waals surface area contributed by atoms with Gasteiger partial charge in [-0.15, -0.1) is 0 Å². The average molecular weight is 553 g/mol. The fourth-order valence-corrected chi connectivity index (χ4v) is 6.09. The Morgan fingerprint density at radius 2 is 1.77 bits per heavy atom. The predicted molar refractivity (Wildman–Crippen MR) is 151 cm³/mol. The lowest BCUT2D eigenvalue weighted by molar-refractivity contribution is -0.208. The van der Waals surface area contributed by atoms with Gasteiger partial charge in [0.1, 0.15) is 6.17 Å². The van der Waals surface area contributed by atoms with Crippen LogP contribution in [0.3, 0.4) is 0 Å². The summed E-state index contributed by atoms with van der Waals surface area (Å²) in [6.07, 6.45) is 20.4. The van der Waals surface area contributed by atoms with Gasteiger partial charge in [-0.05, 0) is 77.0 Å². The van der Waals surface area contributed by atoms with Crippen molar-refractivity contribution in [2.75, 3.05) is 20.3 Å². The lowest BCUT2D eigenvalue weighted by Crippen LogP contribution is -2.36. The molecule has 0 spiro atoms. The molecule has 0 aromatic carbocycles. The van der Waals surface area contributed by atoms with E-state index in [-0.39, 0.29) is 36.5 Å². The van der Waals surface area contributed by atoms with Gasteiger partial charge in [-0.1, -0.05) is 50.8 Å². The molecule has 0 bridgehead atoms. The first-order valence-electron chi connectivity index (χ1n) is 15.6. The SMILES string of the molecule is CCCCCC(C)(/C=C/[C@@H]1[C@@H](CCCC/C=C/C(=O)OC)[C@H](F)C[C@H]1OC1CCCCO1)OC1CCCCO1. The number of alkyl halides is 1. The van der Waals surface area contributed by atoms with Crippen molar-refractivity contribution in [2.24, 2.45) is 11.8 Å². The third-order valence-electron chi connectivity index (χ3n) is 8.41. The fraction of sp³-hybridized carbons (Fsp3) is 0.844. The van der Waals surface area contributed by atoms with Crippen LogP contribution in [0.1, 0.15) is 110 Å². The third-order valence-corrected chi connectivity index (χ3v) is 8.41. The number of unbranched alkanes of at least 4 members (excludes halogenated alkanes) is 4. The van der Waals surface area contributed by atoms with Crippen LogP contribution in [0.2, 0.25) is 0 Å². The maximum Gasteiger partial charge on any atom is 0.330 e. The molecule has 3 fully saturated rings. The lowest BCUT2D eigenvalue weighted by atomic mass is 9.86. The van der Waals surface area contributed by atoms with Gasteiger partial charge in [-0.25, -0.2) is 9.18 Å². The van der Waals surface area contributed by atoms with Crippen LogP contribution in [0.4, 0.5) is 4.39 Å².